The van der Waals surface area contributed by atoms with Crippen LogP contribution in [0, 0.1) is 13.8 Å². The predicted octanol–water partition coefficient (Wildman–Crippen LogP) is 12.7. The van der Waals surface area contributed by atoms with Gasteiger partial charge in [-0.1, -0.05) is 205 Å². The van der Waals surface area contributed by atoms with E-state index in [2.05, 4.69) is 80.9 Å². The summed E-state index contributed by atoms with van der Waals surface area (Å²) in [6, 6.07) is 36.8. The van der Waals surface area contributed by atoms with E-state index in [0.717, 1.165) is 36.4 Å². The maximum Gasteiger partial charge on any atom is 0.263 e. The molecule has 0 radical (unpaired) electrons. The Hall–Kier alpha value is -4.11. The summed E-state index contributed by atoms with van der Waals surface area (Å²) in [6.45, 7) is 15.6. The topological polar surface area (TPSA) is 110 Å². The minimum absolute atomic E-state index is 0.220. The van der Waals surface area contributed by atoms with Crippen LogP contribution in [0.3, 0.4) is 0 Å². The number of hydrogen-bond acceptors (Lipinski definition) is 11. The quantitative estimate of drug-likeness (QED) is 0.107. The molecular formula is C41H47ClN6O2S5. The third kappa shape index (κ3) is 20.4. The number of allylic oxidation sites excluding steroid dienone is 1. The van der Waals surface area contributed by atoms with Crippen LogP contribution in [-0.2, 0) is 10.0 Å². The second-order valence-corrected chi connectivity index (χ2v) is 17.8. The Balaban J connectivity index is 0.000000251. The minimum Gasteiger partial charge on any atom is -0.253 e. The van der Waals surface area contributed by atoms with Gasteiger partial charge in [0, 0.05) is 11.2 Å². The zero-order chi connectivity index (χ0) is 40.3. The van der Waals surface area contributed by atoms with Crippen LogP contribution < -0.4 is 4.72 Å². The minimum atomic E-state index is -3.58. The Bertz CT molecular complexity index is 2090. The zero-order valence-electron chi connectivity index (χ0n) is 31.8. The third-order valence-corrected chi connectivity index (χ3v) is 11.7. The lowest BCUT2D eigenvalue weighted by Crippen LogP contribution is -2.12. The number of rotatable bonds is 10. The molecule has 2 aromatic heterocycles. The zero-order valence-corrected chi connectivity index (χ0v) is 36.6. The predicted molar refractivity (Wildman–Crippen MR) is 242 cm³/mol. The third-order valence-electron chi connectivity index (χ3n) is 6.32. The molecule has 0 atom stereocenters. The molecule has 290 valence electrons. The van der Waals surface area contributed by atoms with Gasteiger partial charge >= 0.3 is 0 Å². The number of hydrogen-bond donors (Lipinski definition) is 1. The van der Waals surface area contributed by atoms with Crippen molar-refractivity contribution >= 4 is 95.4 Å². The van der Waals surface area contributed by atoms with Gasteiger partial charge in [0.15, 0.2) is 8.68 Å². The van der Waals surface area contributed by atoms with Crippen LogP contribution in [0.1, 0.15) is 49.9 Å². The summed E-state index contributed by atoms with van der Waals surface area (Å²) in [5, 5.41) is 17.2. The average Bonchev–Trinajstić information content (AvgIpc) is 3.83. The first-order chi connectivity index (χ1) is 26.5. The number of aromatic nitrogens is 4. The van der Waals surface area contributed by atoms with E-state index >= 15 is 0 Å². The first-order valence-electron chi connectivity index (χ1n) is 17.1. The van der Waals surface area contributed by atoms with Crippen LogP contribution in [0.2, 0.25) is 0 Å². The monoisotopic (exact) mass is 850 g/mol. The Morgan fingerprint density at radius 1 is 0.745 bits per heavy atom. The molecule has 0 fully saturated rings. The first kappa shape index (κ1) is 47.0. The second kappa shape index (κ2) is 27.5. The Morgan fingerprint density at radius 3 is 1.73 bits per heavy atom. The van der Waals surface area contributed by atoms with Crippen molar-refractivity contribution in [2.75, 3.05) is 16.2 Å². The second-order valence-electron chi connectivity index (χ2n) is 10.7. The van der Waals surface area contributed by atoms with Crippen LogP contribution in [0.4, 0.5) is 10.3 Å². The van der Waals surface area contributed by atoms with Crippen molar-refractivity contribution in [1.29, 1.82) is 0 Å². The van der Waals surface area contributed by atoms with Crippen LogP contribution in [0.25, 0.3) is 11.1 Å². The summed E-state index contributed by atoms with van der Waals surface area (Å²) in [6.07, 6.45) is 5.84. The number of nitrogens with zero attached hydrogens (tertiary/aromatic N) is 5. The SMILES string of the molecule is C/C=C/c1ccccc1.C=C(Cl)c1ccccc1.CC=Nc1nnc(SCC)s1.CCSc1nnc(NS(=O)(=O)c2ccc(C)cc2)s1.Cc1ccccc1. The Kier molecular flexibility index (Phi) is 23.5. The number of aryl methyl sites for hydroxylation is 2. The molecule has 0 aliphatic heterocycles. The standard InChI is InChI=1S/C11H13N3O2S3.C9H10.C8H7Cl.C7H8.C6H9N3S2/c1-3-17-11-13-12-10(18-11)14-19(15,16)9-6-4-8(2)5-7-9;1-2-6-9-7-4-3-5-8-9;1-7(9)8-5-3-2-4-6-8;1-7-5-3-2-4-6-7;1-3-7-5-8-9-6(11-5)10-4-2/h4-7H,3H2,1-2H3,(H,12,14);2-8H,1H3;2-6H,1H2;2-6H,1H3;3H,4H2,1-2H3/b;6-2+;;;. The Labute approximate surface area is 348 Å². The number of halogens is 1. The van der Waals surface area contributed by atoms with Gasteiger partial charge in [-0.15, -0.1) is 20.4 Å². The number of sulfonamides is 1. The molecule has 6 rings (SSSR count). The highest BCUT2D eigenvalue weighted by atomic mass is 35.5. The highest BCUT2D eigenvalue weighted by molar-refractivity contribution is 8.01. The van der Waals surface area contributed by atoms with Gasteiger partial charge in [0.05, 0.1) is 4.90 Å². The van der Waals surface area contributed by atoms with Crippen molar-refractivity contribution in [2.45, 2.75) is 55.1 Å². The van der Waals surface area contributed by atoms with E-state index in [0.29, 0.717) is 5.03 Å². The molecule has 0 amide bonds. The summed E-state index contributed by atoms with van der Waals surface area (Å²) >= 11 is 11.6. The van der Waals surface area contributed by atoms with E-state index in [4.69, 9.17) is 11.6 Å². The van der Waals surface area contributed by atoms with Gasteiger partial charge in [-0.2, -0.15) is 0 Å². The summed E-state index contributed by atoms with van der Waals surface area (Å²) in [5.41, 5.74) is 4.58. The number of thioether (sulfide) groups is 2. The van der Waals surface area contributed by atoms with Crippen molar-refractivity contribution in [2.24, 2.45) is 4.99 Å². The van der Waals surface area contributed by atoms with Crippen molar-refractivity contribution in [3.63, 3.8) is 0 Å². The van der Waals surface area contributed by atoms with E-state index in [1.165, 1.54) is 45.6 Å². The van der Waals surface area contributed by atoms with E-state index in [1.54, 1.807) is 42.2 Å². The molecule has 0 bridgehead atoms. The van der Waals surface area contributed by atoms with Crippen LogP contribution >= 0.6 is 57.8 Å². The van der Waals surface area contributed by atoms with E-state index in [1.807, 2.05) is 101 Å². The van der Waals surface area contributed by atoms with Crippen molar-refractivity contribution in [3.8, 4) is 0 Å². The molecule has 0 spiro atoms. The highest BCUT2D eigenvalue weighted by Crippen LogP contribution is 2.27. The number of aliphatic imine (C=N–C) groups is 1. The molecular weight excluding hydrogens is 804 g/mol. The van der Waals surface area contributed by atoms with Gasteiger partial charge in [0.1, 0.15) is 0 Å². The van der Waals surface area contributed by atoms with Crippen molar-refractivity contribution < 1.29 is 8.42 Å². The smallest absolute Gasteiger partial charge is 0.253 e. The molecule has 4 aromatic carbocycles. The maximum atomic E-state index is 12.1. The lowest BCUT2D eigenvalue weighted by molar-refractivity contribution is 0.601. The van der Waals surface area contributed by atoms with Crippen molar-refractivity contribution in [1.82, 2.24) is 20.4 Å². The molecule has 0 unspecified atom stereocenters. The van der Waals surface area contributed by atoms with Crippen LogP contribution in [-0.4, -0.2) is 46.5 Å². The molecule has 0 saturated heterocycles. The molecule has 8 nitrogen and oxygen atoms in total. The summed E-state index contributed by atoms with van der Waals surface area (Å²) in [4.78, 5) is 4.24. The van der Waals surface area contributed by atoms with Gasteiger partial charge in [0.2, 0.25) is 10.3 Å². The van der Waals surface area contributed by atoms with Gasteiger partial charge in [0.25, 0.3) is 10.0 Å². The molecule has 55 heavy (non-hydrogen) atoms. The fraction of sp³-hybridized carbons (Fsp3) is 0.195. The number of nitrogens with one attached hydrogen (secondary N) is 1. The lowest BCUT2D eigenvalue weighted by Gasteiger charge is -2.04. The molecule has 14 heteroatoms. The molecule has 2 heterocycles. The van der Waals surface area contributed by atoms with Gasteiger partial charge in [-0.25, -0.2) is 13.4 Å². The van der Waals surface area contributed by atoms with Gasteiger partial charge in [-0.3, -0.25) is 4.72 Å². The normalized spacial score (nSPS) is 10.5. The Morgan fingerprint density at radius 2 is 1.25 bits per heavy atom. The van der Waals surface area contributed by atoms with E-state index in [-0.39, 0.29) is 10.0 Å². The molecule has 0 aliphatic rings. The maximum absolute atomic E-state index is 12.1. The fourth-order valence-electron chi connectivity index (χ4n) is 3.78. The van der Waals surface area contributed by atoms with Crippen LogP contribution in [0.5, 0.6) is 0 Å². The lowest BCUT2D eigenvalue weighted by atomic mass is 10.2. The van der Waals surface area contributed by atoms with E-state index < -0.39 is 10.0 Å². The molecule has 1 N–H and O–H groups in total. The molecule has 0 aliphatic carbocycles. The summed E-state index contributed by atoms with van der Waals surface area (Å²) in [7, 11) is -3.58. The molecule has 0 saturated carbocycles. The summed E-state index contributed by atoms with van der Waals surface area (Å²) in [5.74, 6) is 1.91. The fourth-order valence-corrected chi connectivity index (χ4v) is 8.42. The highest BCUT2D eigenvalue weighted by Gasteiger charge is 2.16. The van der Waals surface area contributed by atoms with E-state index in [9.17, 15) is 8.42 Å². The van der Waals surface area contributed by atoms with Crippen LogP contribution in [0.15, 0.2) is 146 Å². The first-order valence-corrected chi connectivity index (χ1v) is 22.6. The summed E-state index contributed by atoms with van der Waals surface area (Å²) < 4.78 is 28.4. The van der Waals surface area contributed by atoms with Gasteiger partial charge < -0.3 is 0 Å². The molecule has 6 aromatic rings. The van der Waals surface area contributed by atoms with Crippen molar-refractivity contribution in [3.05, 3.63) is 150 Å². The largest absolute Gasteiger partial charge is 0.263 e. The number of anilines is 1. The van der Waals surface area contributed by atoms with Gasteiger partial charge in [-0.05, 0) is 62.5 Å². The average molecular weight is 852 g/mol. The number of benzene rings is 4.